The molecule has 0 unspecified atom stereocenters. The fraction of sp³-hybridized carbons (Fsp3) is 0.484. The van der Waals surface area contributed by atoms with Gasteiger partial charge in [-0.05, 0) is 67.7 Å². The van der Waals surface area contributed by atoms with E-state index in [1.807, 2.05) is 12.1 Å². The molecule has 1 aliphatic carbocycles. The van der Waals surface area contributed by atoms with Crippen LogP contribution in [0.2, 0.25) is 10.0 Å². The van der Waals surface area contributed by atoms with Gasteiger partial charge in [-0.1, -0.05) is 112 Å². The average Bonchev–Trinajstić information content (AvgIpc) is 3.23. The van der Waals surface area contributed by atoms with Crippen molar-refractivity contribution in [3.8, 4) is 0 Å². The summed E-state index contributed by atoms with van der Waals surface area (Å²) in [6, 6.07) is 14.6. The third-order valence-electron chi connectivity index (χ3n) is 6.66. The predicted octanol–water partition coefficient (Wildman–Crippen LogP) is 10.5. The lowest BCUT2D eigenvalue weighted by molar-refractivity contribution is -0.111. The number of allylic oxidation sites excluding steroid dienone is 1. The van der Waals surface area contributed by atoms with Crippen LogP contribution in [0.5, 0.6) is 0 Å². The van der Waals surface area contributed by atoms with Gasteiger partial charge in [-0.25, -0.2) is 0 Å². The number of carbonyl (C=O) groups is 1. The average molecular weight is 547 g/mol. The van der Waals surface area contributed by atoms with Crippen LogP contribution in [0.1, 0.15) is 90.7 Å². The number of benzene rings is 2. The highest BCUT2D eigenvalue weighted by atomic mass is 35.5. The Labute approximate surface area is 233 Å². The van der Waals surface area contributed by atoms with Gasteiger partial charge in [0.15, 0.2) is 5.78 Å². The molecule has 0 bridgehead atoms. The van der Waals surface area contributed by atoms with Gasteiger partial charge in [-0.3, -0.25) is 9.79 Å². The van der Waals surface area contributed by atoms with E-state index in [0.717, 1.165) is 22.6 Å². The van der Waals surface area contributed by atoms with Crippen LogP contribution in [0.3, 0.4) is 0 Å². The van der Waals surface area contributed by atoms with Gasteiger partial charge in [0.1, 0.15) is 0 Å². The van der Waals surface area contributed by atoms with Crippen LogP contribution in [0, 0.1) is 5.41 Å². The van der Waals surface area contributed by atoms with Gasteiger partial charge in [0, 0.05) is 22.9 Å². The smallest absolute Gasteiger partial charge is 0.173 e. The Bertz CT molecular complexity index is 1040. The fourth-order valence-corrected chi connectivity index (χ4v) is 6.20. The highest BCUT2D eigenvalue weighted by molar-refractivity contribution is 8.03. The zero-order valence-corrected chi connectivity index (χ0v) is 24.8. The Morgan fingerprint density at radius 3 is 2.17 bits per heavy atom. The number of unbranched alkanes of at least 4 members (excludes halogenated alkanes) is 1. The standard InChI is InChI=1S/C16H24.C15H17Cl2NOS/c1-3-5-11-16(10-4-2)12-14-8-6-7-9-15(14)13-16;1-4-6-12(9-18-10(2)11(3)19)20-14-8-5-7-13(16)15(14)17/h6-9H,3-5,10-13H2,1-2H3;5,7-9H,4,6H2,1-3H3/b;12-9+,18-10?. The number of fused-ring (bicyclic) bond motifs is 1. The van der Waals surface area contributed by atoms with Crippen molar-refractivity contribution >= 4 is 46.5 Å². The minimum Gasteiger partial charge on any atom is -0.293 e. The van der Waals surface area contributed by atoms with Gasteiger partial charge >= 0.3 is 0 Å². The van der Waals surface area contributed by atoms with Gasteiger partial charge in [0.05, 0.1) is 15.8 Å². The largest absolute Gasteiger partial charge is 0.293 e. The number of hydrogen-bond acceptors (Lipinski definition) is 3. The number of Topliss-reactive ketones (excluding diaryl/α,β-unsaturated/α-hetero) is 1. The van der Waals surface area contributed by atoms with Gasteiger partial charge in [0.2, 0.25) is 0 Å². The summed E-state index contributed by atoms with van der Waals surface area (Å²) in [7, 11) is 0. The maximum Gasteiger partial charge on any atom is 0.173 e. The molecule has 5 heteroatoms. The summed E-state index contributed by atoms with van der Waals surface area (Å²) in [5.41, 5.74) is 4.34. The summed E-state index contributed by atoms with van der Waals surface area (Å²) < 4.78 is 0. The Kier molecular flexibility index (Phi) is 13.3. The second-order valence-corrected chi connectivity index (χ2v) is 11.7. The van der Waals surface area contributed by atoms with E-state index in [-0.39, 0.29) is 5.78 Å². The number of ketones is 1. The second kappa shape index (κ2) is 15.6. The van der Waals surface area contributed by atoms with Crippen molar-refractivity contribution in [1.82, 2.24) is 0 Å². The highest BCUT2D eigenvalue weighted by Crippen LogP contribution is 2.44. The van der Waals surface area contributed by atoms with E-state index in [1.165, 1.54) is 63.6 Å². The van der Waals surface area contributed by atoms with E-state index in [2.05, 4.69) is 50.0 Å². The summed E-state index contributed by atoms with van der Waals surface area (Å²) in [6.07, 6.45) is 13.2. The SMILES string of the molecule is CCC/C(=C\N=C(C)C(C)=O)Sc1cccc(Cl)c1Cl.CCCCC1(CCC)Cc2ccccc2C1. The molecular weight excluding hydrogens is 505 g/mol. The van der Waals surface area contributed by atoms with E-state index in [0.29, 0.717) is 21.2 Å². The lowest BCUT2D eigenvalue weighted by Gasteiger charge is -2.28. The number of rotatable bonds is 11. The van der Waals surface area contributed by atoms with Crippen molar-refractivity contribution in [2.75, 3.05) is 0 Å². The lowest BCUT2D eigenvalue weighted by atomic mass is 9.76. The molecule has 0 heterocycles. The van der Waals surface area contributed by atoms with E-state index in [4.69, 9.17) is 23.2 Å². The zero-order valence-electron chi connectivity index (χ0n) is 22.5. The van der Waals surface area contributed by atoms with E-state index < -0.39 is 0 Å². The topological polar surface area (TPSA) is 29.4 Å². The minimum absolute atomic E-state index is 0.0251. The Balaban J connectivity index is 0.000000259. The monoisotopic (exact) mass is 545 g/mol. The molecule has 0 saturated heterocycles. The van der Waals surface area contributed by atoms with Crippen LogP contribution in [0.25, 0.3) is 0 Å². The predicted molar refractivity (Wildman–Crippen MR) is 160 cm³/mol. The van der Waals surface area contributed by atoms with Crippen LogP contribution in [-0.4, -0.2) is 11.5 Å². The van der Waals surface area contributed by atoms with Crippen molar-refractivity contribution in [2.24, 2.45) is 10.4 Å². The normalized spacial score (nSPS) is 14.8. The molecule has 0 N–H and O–H groups in total. The van der Waals surface area contributed by atoms with Crippen LogP contribution in [0.15, 0.2) is 63.5 Å². The maximum absolute atomic E-state index is 11.2. The third kappa shape index (κ3) is 9.39. The van der Waals surface area contributed by atoms with Crippen LogP contribution >= 0.6 is 35.0 Å². The summed E-state index contributed by atoms with van der Waals surface area (Å²) in [6.45, 7) is 9.94. The molecule has 0 aliphatic heterocycles. The summed E-state index contributed by atoms with van der Waals surface area (Å²) in [5.74, 6) is -0.0251. The molecular formula is C31H41Cl2NOS. The number of halogens is 2. The Hall–Kier alpha value is -1.55. The molecule has 2 aromatic carbocycles. The molecule has 2 aromatic rings. The number of carbonyl (C=O) groups excluding carboxylic acids is 1. The summed E-state index contributed by atoms with van der Waals surface area (Å²) >= 11 is 13.7. The highest BCUT2D eigenvalue weighted by Gasteiger charge is 2.35. The molecule has 0 radical (unpaired) electrons. The van der Waals surface area contributed by atoms with E-state index >= 15 is 0 Å². The second-order valence-electron chi connectivity index (χ2n) is 9.75. The number of hydrogen-bond donors (Lipinski definition) is 0. The molecule has 0 fully saturated rings. The molecule has 1 aliphatic rings. The molecule has 2 nitrogen and oxygen atoms in total. The molecule has 196 valence electrons. The quantitative estimate of drug-likeness (QED) is 0.207. The molecule has 0 amide bonds. The molecule has 0 aromatic heterocycles. The zero-order chi connectivity index (χ0) is 26.6. The lowest BCUT2D eigenvalue weighted by Crippen LogP contribution is -2.21. The Morgan fingerprint density at radius 2 is 1.61 bits per heavy atom. The number of aliphatic imine (C=N–C) groups is 1. The first kappa shape index (κ1) is 30.7. The summed E-state index contributed by atoms with van der Waals surface area (Å²) in [4.78, 5) is 17.3. The summed E-state index contributed by atoms with van der Waals surface area (Å²) in [5, 5.41) is 1.09. The van der Waals surface area contributed by atoms with Crippen LogP contribution in [0.4, 0.5) is 0 Å². The van der Waals surface area contributed by atoms with Gasteiger partial charge in [-0.2, -0.15) is 0 Å². The number of thioether (sulfide) groups is 1. The molecule has 3 rings (SSSR count). The van der Waals surface area contributed by atoms with E-state index in [9.17, 15) is 4.79 Å². The molecule has 0 saturated carbocycles. The first-order chi connectivity index (χ1) is 17.2. The van der Waals surface area contributed by atoms with Crippen molar-refractivity contribution in [3.05, 3.63) is 74.7 Å². The minimum atomic E-state index is -0.0251. The third-order valence-corrected chi connectivity index (χ3v) is 8.72. The fourth-order valence-electron chi connectivity index (χ4n) is 4.69. The van der Waals surface area contributed by atoms with Crippen LogP contribution < -0.4 is 0 Å². The van der Waals surface area contributed by atoms with Crippen molar-refractivity contribution in [2.45, 2.75) is 97.3 Å². The van der Waals surface area contributed by atoms with E-state index in [1.54, 1.807) is 30.3 Å². The van der Waals surface area contributed by atoms with Gasteiger partial charge < -0.3 is 0 Å². The molecule has 36 heavy (non-hydrogen) atoms. The Morgan fingerprint density at radius 1 is 0.944 bits per heavy atom. The van der Waals surface area contributed by atoms with Crippen LogP contribution in [-0.2, 0) is 17.6 Å². The van der Waals surface area contributed by atoms with Crippen molar-refractivity contribution in [1.29, 1.82) is 0 Å². The maximum atomic E-state index is 11.2. The van der Waals surface area contributed by atoms with Crippen molar-refractivity contribution < 1.29 is 4.79 Å². The first-order valence-corrected chi connectivity index (χ1v) is 14.8. The molecule has 0 spiro atoms. The van der Waals surface area contributed by atoms with Gasteiger partial charge in [-0.15, -0.1) is 0 Å². The number of nitrogens with zero attached hydrogens (tertiary/aromatic N) is 1. The van der Waals surface area contributed by atoms with Gasteiger partial charge in [0.25, 0.3) is 0 Å². The van der Waals surface area contributed by atoms with Crippen molar-refractivity contribution in [3.63, 3.8) is 0 Å². The first-order valence-electron chi connectivity index (χ1n) is 13.2. The molecule has 0 atom stereocenters.